The van der Waals surface area contributed by atoms with Crippen molar-refractivity contribution in [1.29, 1.82) is 0 Å². The number of hydrogen-bond acceptors (Lipinski definition) is 8. The van der Waals surface area contributed by atoms with Gasteiger partial charge in [0.25, 0.3) is 5.69 Å². The zero-order valence-corrected chi connectivity index (χ0v) is 18.1. The Morgan fingerprint density at radius 3 is 2.50 bits per heavy atom. The summed E-state index contributed by atoms with van der Waals surface area (Å²) >= 11 is 0. The van der Waals surface area contributed by atoms with Gasteiger partial charge in [-0.1, -0.05) is 13.3 Å². The van der Waals surface area contributed by atoms with Gasteiger partial charge in [0, 0.05) is 33.8 Å². The Hall–Kier alpha value is -2.27. The summed E-state index contributed by atoms with van der Waals surface area (Å²) in [6.45, 7) is 4.06. The lowest BCUT2D eigenvalue weighted by Gasteiger charge is -2.45. The van der Waals surface area contributed by atoms with Gasteiger partial charge in [0.1, 0.15) is 17.5 Å². The number of nitrogens with one attached hydrogen (secondary N) is 1. The smallest absolute Gasteiger partial charge is 0.296 e. The van der Waals surface area contributed by atoms with Crippen LogP contribution in [0.3, 0.4) is 0 Å². The lowest BCUT2D eigenvalue weighted by atomic mass is 9.84. The van der Waals surface area contributed by atoms with Crippen LogP contribution in [0, 0.1) is 10.1 Å². The van der Waals surface area contributed by atoms with Crippen LogP contribution in [0.5, 0.6) is 5.75 Å². The third-order valence-electron chi connectivity index (χ3n) is 5.31. The molecule has 30 heavy (non-hydrogen) atoms. The Bertz CT molecular complexity index is 765. The molecule has 0 spiro atoms. The van der Waals surface area contributed by atoms with E-state index in [4.69, 9.17) is 14.2 Å². The number of hydrogen-bond donors (Lipinski definition) is 2. The molecule has 2 atom stereocenters. The third-order valence-corrected chi connectivity index (χ3v) is 5.31. The van der Waals surface area contributed by atoms with Crippen LogP contribution >= 0.6 is 0 Å². The number of nitro groups is 1. The van der Waals surface area contributed by atoms with Gasteiger partial charge in [0.2, 0.25) is 5.91 Å². The van der Waals surface area contributed by atoms with Gasteiger partial charge in [-0.05, 0) is 19.0 Å². The lowest BCUT2D eigenvalue weighted by Crippen LogP contribution is -2.61. The summed E-state index contributed by atoms with van der Waals surface area (Å²) in [5, 5.41) is 26.3. The zero-order chi connectivity index (χ0) is 22.5. The second-order valence-electron chi connectivity index (χ2n) is 7.48. The SMILES string of the molecule is CCCCNC1c2cc(N(C)C(C)=O)c([N+](=O)[O-])cc2OC(COC)(COC)C1O. The number of ether oxygens (including phenoxy) is 3. The highest BCUT2D eigenvalue weighted by Gasteiger charge is 2.50. The van der Waals surface area contributed by atoms with Crippen molar-refractivity contribution >= 4 is 17.3 Å². The molecule has 0 aromatic heterocycles. The Morgan fingerprint density at radius 1 is 1.37 bits per heavy atom. The molecular weight excluding hydrogens is 394 g/mol. The molecule has 1 aliphatic heterocycles. The Labute approximate surface area is 176 Å². The van der Waals surface area contributed by atoms with E-state index in [1.54, 1.807) is 0 Å². The number of aliphatic hydroxyl groups excluding tert-OH is 1. The van der Waals surface area contributed by atoms with Crippen LogP contribution in [-0.2, 0) is 14.3 Å². The summed E-state index contributed by atoms with van der Waals surface area (Å²) in [5.41, 5.74) is -0.841. The molecule has 168 valence electrons. The van der Waals surface area contributed by atoms with Crippen molar-refractivity contribution in [2.45, 2.75) is 44.4 Å². The number of fused-ring (bicyclic) bond motifs is 1. The molecule has 2 rings (SSSR count). The molecule has 1 aromatic rings. The minimum absolute atomic E-state index is 0.0241. The number of carbonyl (C=O) groups excluding carboxylic acids is 1. The summed E-state index contributed by atoms with van der Waals surface area (Å²) in [7, 11) is 4.43. The van der Waals surface area contributed by atoms with Crippen LogP contribution in [0.25, 0.3) is 0 Å². The maximum absolute atomic E-state index is 11.9. The van der Waals surface area contributed by atoms with Gasteiger partial charge in [-0.15, -0.1) is 0 Å². The van der Waals surface area contributed by atoms with E-state index in [2.05, 4.69) is 12.2 Å². The molecule has 1 amide bonds. The Morgan fingerprint density at radius 2 is 2.00 bits per heavy atom. The van der Waals surface area contributed by atoms with E-state index in [1.165, 1.54) is 45.2 Å². The number of nitro benzene ring substituents is 1. The first-order chi connectivity index (χ1) is 14.2. The molecule has 0 fully saturated rings. The maximum Gasteiger partial charge on any atom is 0.296 e. The van der Waals surface area contributed by atoms with E-state index >= 15 is 0 Å². The molecule has 2 unspecified atom stereocenters. The molecule has 1 heterocycles. The first kappa shape index (κ1) is 24.0. The van der Waals surface area contributed by atoms with Gasteiger partial charge >= 0.3 is 0 Å². The first-order valence-electron chi connectivity index (χ1n) is 9.87. The fourth-order valence-electron chi connectivity index (χ4n) is 3.66. The molecule has 0 aliphatic carbocycles. The number of aliphatic hydroxyl groups is 1. The monoisotopic (exact) mass is 425 g/mol. The van der Waals surface area contributed by atoms with Crippen molar-refractivity contribution in [2.75, 3.05) is 45.9 Å². The van der Waals surface area contributed by atoms with Crippen molar-refractivity contribution in [2.24, 2.45) is 0 Å². The van der Waals surface area contributed by atoms with Crippen LogP contribution in [-0.4, -0.2) is 68.7 Å². The summed E-state index contributed by atoms with van der Waals surface area (Å²) in [4.78, 5) is 24.2. The topological polar surface area (TPSA) is 123 Å². The zero-order valence-electron chi connectivity index (χ0n) is 18.1. The molecule has 1 aliphatic rings. The molecule has 1 aromatic carbocycles. The quantitative estimate of drug-likeness (QED) is 0.330. The van der Waals surface area contributed by atoms with E-state index in [-0.39, 0.29) is 36.2 Å². The van der Waals surface area contributed by atoms with Crippen molar-refractivity contribution in [3.8, 4) is 5.75 Å². The van der Waals surface area contributed by atoms with E-state index in [0.717, 1.165) is 12.8 Å². The van der Waals surface area contributed by atoms with E-state index in [1.807, 2.05) is 0 Å². The van der Waals surface area contributed by atoms with Gasteiger partial charge in [-0.2, -0.15) is 0 Å². The number of unbranched alkanes of at least 4 members (excludes halogenated alkanes) is 1. The van der Waals surface area contributed by atoms with Crippen LogP contribution < -0.4 is 15.0 Å². The fourth-order valence-corrected chi connectivity index (χ4v) is 3.66. The van der Waals surface area contributed by atoms with E-state index in [0.29, 0.717) is 12.1 Å². The highest BCUT2D eigenvalue weighted by atomic mass is 16.6. The Balaban J connectivity index is 2.66. The third kappa shape index (κ3) is 4.72. The van der Waals surface area contributed by atoms with Gasteiger partial charge < -0.3 is 29.5 Å². The standard InChI is InChI=1S/C20H31N3O7/c1-6-7-8-21-18-14-9-15(22(3)13(2)24)16(23(26)27)10-17(14)30-20(11-28-4,12-29-5)19(18)25/h9-10,18-19,21,25H,6-8,11-12H2,1-5H3. The van der Waals surface area contributed by atoms with Crippen LogP contribution in [0.4, 0.5) is 11.4 Å². The van der Waals surface area contributed by atoms with E-state index in [9.17, 15) is 20.0 Å². The number of carbonyl (C=O) groups is 1. The van der Waals surface area contributed by atoms with Gasteiger partial charge in [0.05, 0.1) is 30.2 Å². The molecule has 2 N–H and O–H groups in total. The summed E-state index contributed by atoms with van der Waals surface area (Å²) in [5.74, 6) is -0.102. The highest BCUT2D eigenvalue weighted by Crippen LogP contribution is 2.45. The van der Waals surface area contributed by atoms with Gasteiger partial charge in [-0.3, -0.25) is 14.9 Å². The second-order valence-corrected chi connectivity index (χ2v) is 7.48. The molecular formula is C20H31N3O7. The van der Waals surface area contributed by atoms with Crippen LogP contribution in [0.1, 0.15) is 38.3 Å². The highest BCUT2D eigenvalue weighted by molar-refractivity contribution is 5.94. The molecule has 0 radical (unpaired) electrons. The molecule has 0 saturated heterocycles. The summed E-state index contributed by atoms with van der Waals surface area (Å²) in [6, 6.07) is 2.24. The predicted octanol–water partition coefficient (Wildman–Crippen LogP) is 1.79. The van der Waals surface area contributed by atoms with Crippen molar-refractivity contribution in [1.82, 2.24) is 5.32 Å². The average Bonchev–Trinajstić information content (AvgIpc) is 2.69. The largest absolute Gasteiger partial charge is 0.479 e. The molecule has 10 nitrogen and oxygen atoms in total. The number of nitrogens with zero attached hydrogens (tertiary/aromatic N) is 2. The van der Waals surface area contributed by atoms with Gasteiger partial charge in [-0.25, -0.2) is 0 Å². The lowest BCUT2D eigenvalue weighted by molar-refractivity contribution is -0.384. The summed E-state index contributed by atoms with van der Waals surface area (Å²) in [6.07, 6.45) is 0.784. The minimum atomic E-state index is -1.25. The molecule has 0 saturated carbocycles. The molecule has 10 heteroatoms. The number of benzene rings is 1. The normalized spacial score (nSPS) is 19.7. The fraction of sp³-hybridized carbons (Fsp3) is 0.650. The number of methoxy groups -OCH3 is 2. The number of amides is 1. The van der Waals surface area contributed by atoms with Gasteiger partial charge in [0.15, 0.2) is 5.60 Å². The Kier molecular flexibility index (Phi) is 8.13. The number of anilines is 1. The van der Waals surface area contributed by atoms with Crippen LogP contribution in [0.15, 0.2) is 12.1 Å². The average molecular weight is 425 g/mol. The number of rotatable bonds is 10. The maximum atomic E-state index is 11.9. The van der Waals surface area contributed by atoms with Crippen LogP contribution in [0.2, 0.25) is 0 Å². The molecule has 0 bridgehead atoms. The second kappa shape index (κ2) is 10.2. The first-order valence-corrected chi connectivity index (χ1v) is 9.87. The van der Waals surface area contributed by atoms with E-state index < -0.39 is 22.7 Å². The summed E-state index contributed by atoms with van der Waals surface area (Å²) < 4.78 is 16.7. The minimum Gasteiger partial charge on any atom is -0.479 e. The van der Waals surface area contributed by atoms with Crippen molar-refractivity contribution < 1.29 is 29.0 Å². The predicted molar refractivity (Wildman–Crippen MR) is 111 cm³/mol. The van der Waals surface area contributed by atoms with Crippen molar-refractivity contribution in [3.63, 3.8) is 0 Å². The van der Waals surface area contributed by atoms with Crippen molar-refractivity contribution in [3.05, 3.63) is 27.8 Å².